The third-order valence-electron chi connectivity index (χ3n) is 5.18. The molecule has 0 radical (unpaired) electrons. The van der Waals surface area contributed by atoms with Crippen LogP contribution < -0.4 is 10.1 Å². The molecule has 5 aromatic rings. The van der Waals surface area contributed by atoms with Crippen LogP contribution in [0.25, 0.3) is 21.6 Å². The van der Waals surface area contributed by atoms with Gasteiger partial charge in [0.2, 0.25) is 0 Å². The quantitative estimate of drug-likeness (QED) is 0.419. The van der Waals surface area contributed by atoms with Crippen LogP contribution in [0.5, 0.6) is 5.75 Å². The lowest BCUT2D eigenvalue weighted by molar-refractivity contribution is 0.0954. The molecule has 8 heteroatoms. The Hall–Kier alpha value is -3.91. The zero-order valence-corrected chi connectivity index (χ0v) is 18.5. The molecule has 0 unspecified atom stereocenters. The molecule has 1 amide bonds. The molecule has 7 nitrogen and oxygen atoms in total. The predicted octanol–water partition coefficient (Wildman–Crippen LogP) is 4.52. The van der Waals surface area contributed by atoms with Crippen molar-refractivity contribution >= 4 is 27.5 Å². The average Bonchev–Trinajstić information content (AvgIpc) is 3.55. The number of thiophene rings is 1. The molecule has 0 saturated carbocycles. The normalized spacial score (nSPS) is 11.1. The van der Waals surface area contributed by atoms with Gasteiger partial charge in [0.1, 0.15) is 10.6 Å². The maximum Gasteiger partial charge on any atom is 0.261 e. The van der Waals surface area contributed by atoms with Crippen LogP contribution in [0.1, 0.15) is 21.1 Å². The zero-order valence-electron chi connectivity index (χ0n) is 17.6. The lowest BCUT2D eigenvalue weighted by Crippen LogP contribution is -2.22. The zero-order chi connectivity index (χ0) is 22.1. The number of aryl methyl sites for hydroxylation is 1. The van der Waals surface area contributed by atoms with Gasteiger partial charge in [-0.3, -0.25) is 4.79 Å². The van der Waals surface area contributed by atoms with Gasteiger partial charge in [0.25, 0.3) is 5.91 Å². The van der Waals surface area contributed by atoms with Crippen LogP contribution in [0.4, 0.5) is 0 Å². The summed E-state index contributed by atoms with van der Waals surface area (Å²) in [6.07, 6.45) is 1.88. The third-order valence-corrected chi connectivity index (χ3v) is 6.29. The van der Waals surface area contributed by atoms with E-state index in [1.54, 1.807) is 11.8 Å². The summed E-state index contributed by atoms with van der Waals surface area (Å²) in [7, 11) is 1.64. The van der Waals surface area contributed by atoms with Gasteiger partial charge < -0.3 is 10.1 Å². The molecule has 3 aromatic heterocycles. The summed E-state index contributed by atoms with van der Waals surface area (Å²) in [6.45, 7) is 2.31. The first-order chi connectivity index (χ1) is 15.6. The highest BCUT2D eigenvalue weighted by Crippen LogP contribution is 2.30. The molecule has 160 valence electrons. The van der Waals surface area contributed by atoms with Crippen molar-refractivity contribution in [2.45, 2.75) is 13.5 Å². The molecule has 5 rings (SSSR count). The summed E-state index contributed by atoms with van der Waals surface area (Å²) in [4.78, 5) is 14.4. The number of nitrogens with zero attached hydrogens (tertiary/aromatic N) is 4. The van der Waals surface area contributed by atoms with Crippen molar-refractivity contribution in [3.8, 4) is 17.1 Å². The molecule has 0 saturated heterocycles. The molecule has 3 heterocycles. The number of nitrogens with one attached hydrogen (secondary N) is 1. The fraction of sp³-hybridized carbons (Fsp3) is 0.125. The van der Waals surface area contributed by atoms with Gasteiger partial charge in [-0.25, -0.2) is 9.36 Å². The molecule has 0 bridgehead atoms. The lowest BCUT2D eigenvalue weighted by Gasteiger charge is -2.04. The molecular formula is C24H21N5O2S. The van der Waals surface area contributed by atoms with Crippen LogP contribution in [-0.2, 0) is 6.54 Å². The second-order valence-corrected chi connectivity index (χ2v) is 8.33. The molecule has 0 atom stereocenters. The predicted molar refractivity (Wildman–Crippen MR) is 125 cm³/mol. The van der Waals surface area contributed by atoms with E-state index >= 15 is 0 Å². The van der Waals surface area contributed by atoms with E-state index < -0.39 is 0 Å². The number of benzene rings is 2. The number of amides is 1. The SMILES string of the molecule is COc1ccc(-n2ccc(CNC(=O)c3cc4c(C)nn(-c5ccccc5)c4s3)n2)cc1. The molecule has 0 aliphatic rings. The van der Waals surface area contributed by atoms with Crippen molar-refractivity contribution in [2.75, 3.05) is 7.11 Å². The van der Waals surface area contributed by atoms with E-state index in [9.17, 15) is 4.79 Å². The number of rotatable bonds is 6. The highest BCUT2D eigenvalue weighted by molar-refractivity contribution is 7.20. The molecule has 32 heavy (non-hydrogen) atoms. The topological polar surface area (TPSA) is 74.0 Å². The number of aromatic nitrogens is 4. The van der Waals surface area contributed by atoms with Crippen LogP contribution in [-0.4, -0.2) is 32.6 Å². The van der Waals surface area contributed by atoms with Crippen LogP contribution in [0, 0.1) is 6.92 Å². The van der Waals surface area contributed by atoms with E-state index in [0.717, 1.165) is 38.7 Å². The minimum absolute atomic E-state index is 0.121. The van der Waals surface area contributed by atoms with Gasteiger partial charge in [-0.05, 0) is 55.5 Å². The van der Waals surface area contributed by atoms with Gasteiger partial charge in [0.05, 0.1) is 41.3 Å². The van der Waals surface area contributed by atoms with Crippen molar-refractivity contribution in [1.29, 1.82) is 0 Å². The molecule has 0 fully saturated rings. The Morgan fingerprint density at radius 2 is 1.81 bits per heavy atom. The summed E-state index contributed by atoms with van der Waals surface area (Å²) in [5, 5.41) is 13.2. The highest BCUT2D eigenvalue weighted by Gasteiger charge is 2.17. The van der Waals surface area contributed by atoms with Crippen molar-refractivity contribution in [3.05, 3.63) is 89.2 Å². The second kappa shape index (κ2) is 8.32. The molecular weight excluding hydrogens is 422 g/mol. The first-order valence-corrected chi connectivity index (χ1v) is 11.0. The molecule has 0 aliphatic carbocycles. The lowest BCUT2D eigenvalue weighted by atomic mass is 10.3. The summed E-state index contributed by atoms with van der Waals surface area (Å²) < 4.78 is 8.86. The summed E-state index contributed by atoms with van der Waals surface area (Å²) in [5.74, 6) is 0.673. The van der Waals surface area contributed by atoms with Crippen molar-refractivity contribution in [1.82, 2.24) is 24.9 Å². The largest absolute Gasteiger partial charge is 0.497 e. The number of fused-ring (bicyclic) bond motifs is 1. The van der Waals surface area contributed by atoms with E-state index in [-0.39, 0.29) is 5.91 Å². The van der Waals surface area contributed by atoms with Gasteiger partial charge in [-0.2, -0.15) is 10.2 Å². The number of methoxy groups -OCH3 is 1. The Labute approximate surface area is 188 Å². The van der Waals surface area contributed by atoms with Crippen molar-refractivity contribution in [2.24, 2.45) is 0 Å². The molecule has 2 aromatic carbocycles. The highest BCUT2D eigenvalue weighted by atomic mass is 32.1. The number of hydrogen-bond donors (Lipinski definition) is 1. The van der Waals surface area contributed by atoms with E-state index in [0.29, 0.717) is 11.4 Å². The summed E-state index contributed by atoms with van der Waals surface area (Å²) >= 11 is 1.44. The standard InChI is InChI=1S/C24H21N5O2S/c1-16-21-14-22(32-24(21)29(26-16)19-6-4-3-5-7-19)23(30)25-15-17-12-13-28(27-17)18-8-10-20(31-2)11-9-18/h3-14H,15H2,1-2H3,(H,25,30). The molecule has 0 spiro atoms. The molecule has 0 aliphatic heterocycles. The minimum atomic E-state index is -0.121. The first kappa shape index (κ1) is 20.0. The van der Waals surface area contributed by atoms with Crippen LogP contribution in [0.15, 0.2) is 72.9 Å². The monoisotopic (exact) mass is 443 g/mol. The van der Waals surface area contributed by atoms with Crippen LogP contribution in [0.3, 0.4) is 0 Å². The fourth-order valence-electron chi connectivity index (χ4n) is 3.50. The Bertz CT molecular complexity index is 1380. The van der Waals surface area contributed by atoms with Gasteiger partial charge in [-0.1, -0.05) is 18.2 Å². The maximum atomic E-state index is 12.8. The molecule has 1 N–H and O–H groups in total. The van der Waals surface area contributed by atoms with E-state index in [2.05, 4.69) is 15.5 Å². The third kappa shape index (κ3) is 3.76. The van der Waals surface area contributed by atoms with Gasteiger partial charge >= 0.3 is 0 Å². The maximum absolute atomic E-state index is 12.8. The first-order valence-electron chi connectivity index (χ1n) is 10.1. The average molecular weight is 444 g/mol. The number of carbonyl (C=O) groups is 1. The van der Waals surface area contributed by atoms with Crippen molar-refractivity contribution < 1.29 is 9.53 Å². The summed E-state index contributed by atoms with van der Waals surface area (Å²) in [6, 6.07) is 21.4. The number of ether oxygens (including phenoxy) is 1. The Balaban J connectivity index is 1.31. The van der Waals surface area contributed by atoms with Gasteiger partial charge in [0.15, 0.2) is 0 Å². The Morgan fingerprint density at radius 3 is 2.56 bits per heavy atom. The summed E-state index contributed by atoms with van der Waals surface area (Å²) in [5.41, 5.74) is 3.58. The van der Waals surface area contributed by atoms with Gasteiger partial charge in [0, 0.05) is 11.6 Å². The van der Waals surface area contributed by atoms with Gasteiger partial charge in [-0.15, -0.1) is 11.3 Å². The van der Waals surface area contributed by atoms with Crippen LogP contribution in [0.2, 0.25) is 0 Å². The van der Waals surface area contributed by atoms with E-state index in [1.807, 2.05) is 84.5 Å². The van der Waals surface area contributed by atoms with Crippen molar-refractivity contribution in [3.63, 3.8) is 0 Å². The number of para-hydroxylation sites is 1. The van der Waals surface area contributed by atoms with Crippen LogP contribution >= 0.6 is 11.3 Å². The van der Waals surface area contributed by atoms with E-state index in [1.165, 1.54) is 11.3 Å². The number of hydrogen-bond acceptors (Lipinski definition) is 5. The smallest absolute Gasteiger partial charge is 0.261 e. The van der Waals surface area contributed by atoms with E-state index in [4.69, 9.17) is 4.74 Å². The fourth-order valence-corrected chi connectivity index (χ4v) is 4.60. The number of carbonyl (C=O) groups excluding carboxylic acids is 1. The minimum Gasteiger partial charge on any atom is -0.497 e. The Morgan fingerprint density at radius 1 is 1.03 bits per heavy atom. The Kier molecular flexibility index (Phi) is 5.20. The second-order valence-electron chi connectivity index (χ2n) is 7.29.